The van der Waals surface area contributed by atoms with Crippen LogP contribution in [0.3, 0.4) is 0 Å². The number of ether oxygens (including phenoxy) is 2. The molecule has 6 nitrogen and oxygen atoms in total. The molecular formula is C13H12BrN3O3. The SMILES string of the molecule is NC(c1cc(Br)c2c(c1)OCO2)c1noc(C2CC2)n1. The third-order valence-corrected chi connectivity index (χ3v) is 4.06. The van der Waals surface area contributed by atoms with Gasteiger partial charge in [-0.1, -0.05) is 5.16 Å². The van der Waals surface area contributed by atoms with Gasteiger partial charge in [-0.15, -0.1) is 0 Å². The molecule has 104 valence electrons. The van der Waals surface area contributed by atoms with E-state index in [9.17, 15) is 0 Å². The van der Waals surface area contributed by atoms with Crippen LogP contribution in [0.15, 0.2) is 21.1 Å². The quantitative estimate of drug-likeness (QED) is 0.926. The molecule has 1 unspecified atom stereocenters. The van der Waals surface area contributed by atoms with E-state index in [1.165, 1.54) is 0 Å². The highest BCUT2D eigenvalue weighted by atomic mass is 79.9. The summed E-state index contributed by atoms with van der Waals surface area (Å²) >= 11 is 3.45. The minimum absolute atomic E-state index is 0.223. The number of rotatable bonds is 3. The average molecular weight is 338 g/mol. The van der Waals surface area contributed by atoms with Gasteiger partial charge in [-0.3, -0.25) is 0 Å². The fourth-order valence-electron chi connectivity index (χ4n) is 2.19. The average Bonchev–Trinajstić information content (AvgIpc) is 3.00. The Balaban J connectivity index is 1.67. The van der Waals surface area contributed by atoms with E-state index in [1.807, 2.05) is 12.1 Å². The second kappa shape index (κ2) is 4.46. The van der Waals surface area contributed by atoms with Crippen LogP contribution in [0, 0.1) is 0 Å². The maximum atomic E-state index is 6.21. The Morgan fingerprint density at radius 3 is 2.95 bits per heavy atom. The monoisotopic (exact) mass is 337 g/mol. The molecule has 1 aromatic heterocycles. The van der Waals surface area contributed by atoms with Crippen LogP contribution in [0.4, 0.5) is 0 Å². The van der Waals surface area contributed by atoms with Crippen LogP contribution in [0.1, 0.15) is 42.1 Å². The number of fused-ring (bicyclic) bond motifs is 1. The number of hydrogen-bond donors (Lipinski definition) is 1. The van der Waals surface area contributed by atoms with Gasteiger partial charge in [-0.25, -0.2) is 0 Å². The van der Waals surface area contributed by atoms with Crippen molar-refractivity contribution in [2.45, 2.75) is 24.8 Å². The van der Waals surface area contributed by atoms with Crippen LogP contribution >= 0.6 is 15.9 Å². The molecule has 2 aliphatic rings. The first kappa shape index (κ1) is 12.2. The van der Waals surface area contributed by atoms with Crippen molar-refractivity contribution < 1.29 is 14.0 Å². The van der Waals surface area contributed by atoms with Crippen molar-refractivity contribution >= 4 is 15.9 Å². The lowest BCUT2D eigenvalue weighted by Gasteiger charge is -2.09. The highest BCUT2D eigenvalue weighted by Gasteiger charge is 2.31. The Bertz CT molecular complexity index is 669. The van der Waals surface area contributed by atoms with Crippen LogP contribution in [0.25, 0.3) is 0 Å². The Hall–Kier alpha value is -1.60. The third-order valence-electron chi connectivity index (χ3n) is 3.47. The number of nitrogens with zero attached hydrogens (tertiary/aromatic N) is 2. The molecule has 1 aromatic carbocycles. The van der Waals surface area contributed by atoms with E-state index < -0.39 is 6.04 Å². The summed E-state index contributed by atoms with van der Waals surface area (Å²) in [6, 6.07) is 3.30. The largest absolute Gasteiger partial charge is 0.454 e. The molecule has 0 saturated heterocycles. The molecule has 0 bridgehead atoms. The number of aromatic nitrogens is 2. The van der Waals surface area contributed by atoms with Gasteiger partial charge in [-0.2, -0.15) is 4.98 Å². The molecule has 0 amide bonds. The highest BCUT2D eigenvalue weighted by Crippen LogP contribution is 2.42. The predicted octanol–water partition coefficient (Wildman–Crippen LogP) is 2.49. The summed E-state index contributed by atoms with van der Waals surface area (Å²) < 4.78 is 16.8. The van der Waals surface area contributed by atoms with Crippen LogP contribution in [-0.2, 0) is 0 Å². The zero-order chi connectivity index (χ0) is 13.7. The van der Waals surface area contributed by atoms with Gasteiger partial charge in [-0.05, 0) is 46.5 Å². The van der Waals surface area contributed by atoms with Crippen molar-refractivity contribution in [1.82, 2.24) is 10.1 Å². The van der Waals surface area contributed by atoms with E-state index in [0.29, 0.717) is 29.1 Å². The molecule has 1 fully saturated rings. The van der Waals surface area contributed by atoms with Gasteiger partial charge < -0.3 is 19.7 Å². The standard InChI is InChI=1S/C13H12BrN3O3/c14-8-3-7(4-9-11(8)19-5-18-9)10(15)12-16-13(20-17-12)6-1-2-6/h3-4,6,10H,1-2,5,15H2. The molecule has 7 heteroatoms. The van der Waals surface area contributed by atoms with Gasteiger partial charge in [0, 0.05) is 5.92 Å². The van der Waals surface area contributed by atoms with Crippen molar-refractivity contribution in [3.8, 4) is 11.5 Å². The molecule has 2 N–H and O–H groups in total. The summed E-state index contributed by atoms with van der Waals surface area (Å²) in [4.78, 5) is 4.38. The Kier molecular flexibility index (Phi) is 2.71. The number of benzene rings is 1. The summed E-state index contributed by atoms with van der Waals surface area (Å²) in [5, 5.41) is 3.98. The summed E-state index contributed by atoms with van der Waals surface area (Å²) in [7, 11) is 0. The van der Waals surface area contributed by atoms with Crippen molar-refractivity contribution in [2.75, 3.05) is 6.79 Å². The number of halogens is 1. The first-order valence-electron chi connectivity index (χ1n) is 6.40. The van der Waals surface area contributed by atoms with Gasteiger partial charge in [0.15, 0.2) is 17.3 Å². The van der Waals surface area contributed by atoms with E-state index in [-0.39, 0.29) is 6.79 Å². The van der Waals surface area contributed by atoms with Crippen LogP contribution in [0.5, 0.6) is 11.5 Å². The fraction of sp³-hybridized carbons (Fsp3) is 0.385. The second-order valence-electron chi connectivity index (χ2n) is 4.98. The summed E-state index contributed by atoms with van der Waals surface area (Å²) in [5.74, 6) is 2.99. The van der Waals surface area contributed by atoms with E-state index in [4.69, 9.17) is 19.7 Å². The minimum atomic E-state index is -0.447. The lowest BCUT2D eigenvalue weighted by atomic mass is 10.1. The zero-order valence-electron chi connectivity index (χ0n) is 10.5. The van der Waals surface area contributed by atoms with Gasteiger partial charge >= 0.3 is 0 Å². The first-order chi connectivity index (χ1) is 9.72. The highest BCUT2D eigenvalue weighted by molar-refractivity contribution is 9.10. The lowest BCUT2D eigenvalue weighted by Crippen LogP contribution is -2.13. The van der Waals surface area contributed by atoms with Gasteiger partial charge in [0.25, 0.3) is 0 Å². The second-order valence-corrected chi connectivity index (χ2v) is 5.83. The van der Waals surface area contributed by atoms with E-state index in [1.54, 1.807) is 0 Å². The van der Waals surface area contributed by atoms with Crippen molar-refractivity contribution in [2.24, 2.45) is 5.73 Å². The predicted molar refractivity (Wildman–Crippen MR) is 72.6 cm³/mol. The lowest BCUT2D eigenvalue weighted by molar-refractivity contribution is 0.173. The fourth-order valence-corrected chi connectivity index (χ4v) is 2.76. The Morgan fingerprint density at radius 1 is 1.30 bits per heavy atom. The molecule has 20 heavy (non-hydrogen) atoms. The molecule has 0 spiro atoms. The van der Waals surface area contributed by atoms with Crippen molar-refractivity contribution in [3.05, 3.63) is 33.9 Å². The molecule has 0 radical (unpaired) electrons. The van der Waals surface area contributed by atoms with Crippen molar-refractivity contribution in [1.29, 1.82) is 0 Å². The molecule has 1 atom stereocenters. The maximum absolute atomic E-state index is 6.21. The molecule has 1 aliphatic carbocycles. The summed E-state index contributed by atoms with van der Waals surface area (Å²) in [6.45, 7) is 0.223. The molecule has 1 aliphatic heterocycles. The zero-order valence-corrected chi connectivity index (χ0v) is 12.1. The minimum Gasteiger partial charge on any atom is -0.454 e. The summed E-state index contributed by atoms with van der Waals surface area (Å²) in [6.07, 6.45) is 2.24. The molecule has 4 rings (SSSR count). The van der Waals surface area contributed by atoms with Crippen LogP contribution in [0.2, 0.25) is 0 Å². The molecule has 2 heterocycles. The molecule has 2 aromatic rings. The van der Waals surface area contributed by atoms with Gasteiger partial charge in [0.1, 0.15) is 0 Å². The van der Waals surface area contributed by atoms with Gasteiger partial charge in [0.05, 0.1) is 10.5 Å². The number of nitrogens with two attached hydrogens (primary N) is 1. The van der Waals surface area contributed by atoms with Crippen LogP contribution in [-0.4, -0.2) is 16.9 Å². The summed E-state index contributed by atoms with van der Waals surface area (Å²) in [5.41, 5.74) is 7.06. The van der Waals surface area contributed by atoms with E-state index in [0.717, 1.165) is 22.9 Å². The van der Waals surface area contributed by atoms with E-state index >= 15 is 0 Å². The Morgan fingerprint density at radius 2 is 2.15 bits per heavy atom. The third kappa shape index (κ3) is 1.97. The molecule has 1 saturated carbocycles. The molecular weight excluding hydrogens is 326 g/mol. The topological polar surface area (TPSA) is 83.4 Å². The normalized spacial score (nSPS) is 18.3. The van der Waals surface area contributed by atoms with Gasteiger partial charge in [0.2, 0.25) is 12.7 Å². The maximum Gasteiger partial charge on any atom is 0.231 e. The van der Waals surface area contributed by atoms with Crippen molar-refractivity contribution in [3.63, 3.8) is 0 Å². The Labute approximate surface area is 123 Å². The smallest absolute Gasteiger partial charge is 0.231 e. The number of hydrogen-bond acceptors (Lipinski definition) is 6. The first-order valence-corrected chi connectivity index (χ1v) is 7.20. The van der Waals surface area contributed by atoms with E-state index in [2.05, 4.69) is 26.1 Å². The van der Waals surface area contributed by atoms with Crippen LogP contribution < -0.4 is 15.2 Å².